The van der Waals surface area contributed by atoms with Gasteiger partial charge >= 0.3 is 7.12 Å². The van der Waals surface area contributed by atoms with Crippen molar-refractivity contribution in [3.8, 4) is 0 Å². The van der Waals surface area contributed by atoms with E-state index in [9.17, 15) is 0 Å². The monoisotopic (exact) mass is 282 g/mol. The zero-order valence-electron chi connectivity index (χ0n) is 12.8. The van der Waals surface area contributed by atoms with E-state index in [1.54, 1.807) is 6.20 Å². The fraction of sp³-hybridized carbons (Fsp3) is 0.375. The second kappa shape index (κ2) is 4.93. The molecule has 1 saturated heterocycles. The molecule has 1 aromatic heterocycles. The van der Waals surface area contributed by atoms with Gasteiger partial charge in [-0.25, -0.2) is 4.98 Å². The van der Waals surface area contributed by atoms with Gasteiger partial charge < -0.3 is 9.31 Å². The Kier molecular flexibility index (Phi) is 3.34. The van der Waals surface area contributed by atoms with Crippen LogP contribution in [0.3, 0.4) is 0 Å². The molecule has 1 aromatic carbocycles. The average Bonchev–Trinajstić information content (AvgIpc) is 2.64. The van der Waals surface area contributed by atoms with Crippen molar-refractivity contribution in [3.63, 3.8) is 0 Å². The van der Waals surface area contributed by atoms with E-state index in [-0.39, 0.29) is 18.3 Å². The minimum Gasteiger partial charge on any atom is -0.400 e. The lowest BCUT2D eigenvalue weighted by molar-refractivity contribution is 0.00578. The molecule has 1 aliphatic rings. The SMILES string of the molecule is CC1(C)OB(/C=C/c2cnc3ccccc3n2)OC1(C)C. The lowest BCUT2D eigenvalue weighted by Crippen LogP contribution is -2.41. The minimum absolute atomic E-state index is 0.322. The Labute approximate surface area is 125 Å². The molecular formula is C16H19BN2O2. The highest BCUT2D eigenvalue weighted by atomic mass is 16.7. The van der Waals surface area contributed by atoms with E-state index < -0.39 is 0 Å². The summed E-state index contributed by atoms with van der Waals surface area (Å²) in [6, 6.07) is 7.81. The van der Waals surface area contributed by atoms with Gasteiger partial charge in [-0.05, 0) is 45.9 Å². The highest BCUT2D eigenvalue weighted by molar-refractivity contribution is 6.52. The molecule has 5 heteroatoms. The van der Waals surface area contributed by atoms with E-state index in [1.807, 2.05) is 64.0 Å². The van der Waals surface area contributed by atoms with E-state index in [4.69, 9.17) is 9.31 Å². The van der Waals surface area contributed by atoms with Crippen LogP contribution in [0.4, 0.5) is 0 Å². The number of aromatic nitrogens is 2. The van der Waals surface area contributed by atoms with Crippen LogP contribution < -0.4 is 0 Å². The van der Waals surface area contributed by atoms with E-state index in [0.29, 0.717) is 0 Å². The second-order valence-electron chi connectivity index (χ2n) is 6.27. The molecule has 0 atom stereocenters. The molecule has 108 valence electrons. The fourth-order valence-electron chi connectivity index (χ4n) is 2.20. The maximum absolute atomic E-state index is 5.92. The molecule has 0 unspecified atom stereocenters. The highest BCUT2D eigenvalue weighted by Crippen LogP contribution is 2.36. The van der Waals surface area contributed by atoms with Crippen LogP contribution in [0.2, 0.25) is 0 Å². The van der Waals surface area contributed by atoms with Crippen LogP contribution in [0.5, 0.6) is 0 Å². The summed E-state index contributed by atoms with van der Waals surface area (Å²) in [6.45, 7) is 8.15. The minimum atomic E-state index is -0.358. The summed E-state index contributed by atoms with van der Waals surface area (Å²) in [5.74, 6) is 1.88. The number of rotatable bonds is 2. The van der Waals surface area contributed by atoms with Gasteiger partial charge in [0.25, 0.3) is 0 Å². The highest BCUT2D eigenvalue weighted by Gasteiger charge is 2.49. The first-order valence-corrected chi connectivity index (χ1v) is 7.13. The van der Waals surface area contributed by atoms with Crippen LogP contribution in [0.25, 0.3) is 17.1 Å². The smallest absolute Gasteiger partial charge is 0.400 e. The zero-order valence-corrected chi connectivity index (χ0v) is 12.8. The number of fused-ring (bicyclic) bond motifs is 1. The Morgan fingerprint density at radius 2 is 1.62 bits per heavy atom. The van der Waals surface area contributed by atoms with E-state index in [2.05, 4.69) is 9.97 Å². The molecule has 0 saturated carbocycles. The van der Waals surface area contributed by atoms with Crippen molar-refractivity contribution in [2.24, 2.45) is 0 Å². The van der Waals surface area contributed by atoms with E-state index in [0.717, 1.165) is 16.7 Å². The molecule has 0 spiro atoms. The van der Waals surface area contributed by atoms with Crippen LogP contribution in [0.15, 0.2) is 36.4 Å². The Hall–Kier alpha value is -1.72. The van der Waals surface area contributed by atoms with Crippen molar-refractivity contribution < 1.29 is 9.31 Å². The van der Waals surface area contributed by atoms with Gasteiger partial charge in [0, 0.05) is 0 Å². The predicted octanol–water partition coefficient (Wildman–Crippen LogP) is 3.27. The first kappa shape index (κ1) is 14.2. The van der Waals surface area contributed by atoms with Crippen molar-refractivity contribution in [1.82, 2.24) is 9.97 Å². The lowest BCUT2D eigenvalue weighted by Gasteiger charge is -2.32. The molecule has 0 amide bonds. The molecule has 1 aliphatic heterocycles. The molecule has 0 radical (unpaired) electrons. The van der Waals surface area contributed by atoms with Gasteiger partial charge in [0.05, 0.1) is 34.1 Å². The summed E-state index contributed by atoms with van der Waals surface area (Å²) >= 11 is 0. The summed E-state index contributed by atoms with van der Waals surface area (Å²) in [5, 5.41) is 0. The first-order valence-electron chi connectivity index (χ1n) is 7.13. The molecular weight excluding hydrogens is 263 g/mol. The Morgan fingerprint density at radius 3 is 2.29 bits per heavy atom. The standard InChI is InChI=1S/C16H19BN2O2/c1-15(2)16(3,4)21-17(20-15)10-9-12-11-18-13-7-5-6-8-14(13)19-12/h5-11H,1-4H3/b10-9+. The van der Waals surface area contributed by atoms with Gasteiger partial charge in [-0.1, -0.05) is 18.1 Å². The molecule has 2 aromatic rings. The van der Waals surface area contributed by atoms with Gasteiger partial charge in [-0.3, -0.25) is 4.98 Å². The summed E-state index contributed by atoms with van der Waals surface area (Å²) < 4.78 is 11.8. The molecule has 0 aliphatic carbocycles. The van der Waals surface area contributed by atoms with Crippen LogP contribution in [0.1, 0.15) is 33.4 Å². The van der Waals surface area contributed by atoms with Gasteiger partial charge in [-0.2, -0.15) is 0 Å². The number of hydrogen-bond acceptors (Lipinski definition) is 4. The van der Waals surface area contributed by atoms with Crippen molar-refractivity contribution in [1.29, 1.82) is 0 Å². The number of hydrogen-bond donors (Lipinski definition) is 0. The Morgan fingerprint density at radius 1 is 1.00 bits per heavy atom. The fourth-order valence-corrected chi connectivity index (χ4v) is 2.20. The quantitative estimate of drug-likeness (QED) is 0.793. The topological polar surface area (TPSA) is 44.2 Å². The third kappa shape index (κ3) is 2.71. The van der Waals surface area contributed by atoms with Gasteiger partial charge in [0.2, 0.25) is 0 Å². The molecule has 3 rings (SSSR count). The van der Waals surface area contributed by atoms with Gasteiger partial charge in [0.15, 0.2) is 0 Å². The van der Waals surface area contributed by atoms with Crippen LogP contribution in [-0.2, 0) is 9.31 Å². The lowest BCUT2D eigenvalue weighted by atomic mass is 9.90. The van der Waals surface area contributed by atoms with Crippen molar-refractivity contribution in [2.75, 3.05) is 0 Å². The normalized spacial score (nSPS) is 20.5. The van der Waals surface area contributed by atoms with E-state index >= 15 is 0 Å². The van der Waals surface area contributed by atoms with Gasteiger partial charge in [-0.15, -0.1) is 0 Å². The summed E-state index contributed by atoms with van der Waals surface area (Å²) in [4.78, 5) is 8.94. The molecule has 21 heavy (non-hydrogen) atoms. The number of benzene rings is 1. The van der Waals surface area contributed by atoms with Gasteiger partial charge in [0.1, 0.15) is 0 Å². The third-order valence-electron chi connectivity index (χ3n) is 4.16. The number of para-hydroxylation sites is 2. The molecule has 4 nitrogen and oxygen atoms in total. The predicted molar refractivity (Wildman–Crippen MR) is 84.7 cm³/mol. The molecule has 2 heterocycles. The summed E-state index contributed by atoms with van der Waals surface area (Å²) in [7, 11) is -0.358. The van der Waals surface area contributed by atoms with Crippen LogP contribution in [0, 0.1) is 0 Å². The molecule has 0 N–H and O–H groups in total. The van der Waals surface area contributed by atoms with Crippen molar-refractivity contribution in [2.45, 2.75) is 38.9 Å². The first-order chi connectivity index (χ1) is 9.87. The molecule has 1 fully saturated rings. The second-order valence-corrected chi connectivity index (χ2v) is 6.27. The summed E-state index contributed by atoms with van der Waals surface area (Å²) in [6.07, 6.45) is 3.64. The van der Waals surface area contributed by atoms with Crippen molar-refractivity contribution >= 4 is 24.2 Å². The third-order valence-corrected chi connectivity index (χ3v) is 4.16. The maximum Gasteiger partial charge on any atom is 0.487 e. The Bertz CT molecular complexity index is 681. The van der Waals surface area contributed by atoms with Crippen LogP contribution in [-0.4, -0.2) is 28.3 Å². The summed E-state index contributed by atoms with van der Waals surface area (Å²) in [5.41, 5.74) is 1.93. The largest absolute Gasteiger partial charge is 0.487 e. The maximum atomic E-state index is 5.92. The average molecular weight is 282 g/mol. The number of nitrogens with zero attached hydrogens (tertiary/aromatic N) is 2. The van der Waals surface area contributed by atoms with Crippen molar-refractivity contribution in [3.05, 3.63) is 42.1 Å². The van der Waals surface area contributed by atoms with Crippen LogP contribution >= 0.6 is 0 Å². The zero-order chi connectivity index (χ0) is 15.1. The van der Waals surface area contributed by atoms with E-state index in [1.165, 1.54) is 0 Å². The molecule has 0 bridgehead atoms. The Balaban J connectivity index is 1.79.